The second-order valence-corrected chi connectivity index (χ2v) is 5.77. The molecule has 0 spiro atoms. The minimum atomic E-state index is -2.00. The van der Waals surface area contributed by atoms with E-state index in [9.17, 15) is 9.18 Å². The number of aryl methyl sites for hydroxylation is 1. The summed E-state index contributed by atoms with van der Waals surface area (Å²) in [5, 5.41) is 4.58. The number of benzene rings is 1. The van der Waals surface area contributed by atoms with Crippen LogP contribution in [0.15, 0.2) is 16.9 Å². The zero-order valence-electron chi connectivity index (χ0n) is 10.9. The highest BCUT2D eigenvalue weighted by Crippen LogP contribution is 2.32. The van der Waals surface area contributed by atoms with Crippen LogP contribution in [0, 0.1) is 6.92 Å². The first-order valence-electron chi connectivity index (χ1n) is 5.61. The third-order valence-electron chi connectivity index (χ3n) is 2.65. The molecule has 5 nitrogen and oxygen atoms in total. The molecule has 0 aliphatic carbocycles. The van der Waals surface area contributed by atoms with Gasteiger partial charge in [-0.15, -0.1) is 0 Å². The molecule has 0 amide bonds. The Hall–Kier alpha value is -0.890. The molecule has 0 fully saturated rings. The maximum Gasteiger partial charge on any atom is 0.354 e. The Morgan fingerprint density at radius 2 is 2.05 bits per heavy atom. The van der Waals surface area contributed by atoms with Crippen molar-refractivity contribution in [3.05, 3.63) is 38.5 Å². The quantitative estimate of drug-likeness (QED) is 0.652. The Kier molecular flexibility index (Phi) is 5.08. The number of halogens is 4. The highest BCUT2D eigenvalue weighted by Gasteiger charge is 2.19. The molecule has 1 aromatic carbocycles. The minimum Gasteiger partial charge on any atom is -0.329 e. The summed E-state index contributed by atoms with van der Waals surface area (Å²) in [6.45, 7) is 1.47. The lowest BCUT2D eigenvalue weighted by Crippen LogP contribution is -2.24. The fraction of sp³-hybridized carbons (Fsp3) is 0.273. The van der Waals surface area contributed by atoms with E-state index in [2.05, 4.69) is 9.82 Å². The van der Waals surface area contributed by atoms with Gasteiger partial charge in [-0.25, -0.2) is 13.8 Å². The van der Waals surface area contributed by atoms with Crippen LogP contribution in [-0.2, 0) is 0 Å². The summed E-state index contributed by atoms with van der Waals surface area (Å²) in [6.07, 6.45) is 1.82. The van der Waals surface area contributed by atoms with Gasteiger partial charge in [-0.05, 0) is 19.1 Å². The molecule has 1 unspecified atom stereocenters. The third-order valence-corrected chi connectivity index (χ3v) is 3.89. The van der Waals surface area contributed by atoms with Crippen LogP contribution in [0.4, 0.5) is 10.1 Å². The molecule has 1 aromatic heterocycles. The molecule has 0 radical (unpaired) electrons. The molecular weight excluding hydrogens is 362 g/mol. The van der Waals surface area contributed by atoms with Gasteiger partial charge in [-0.2, -0.15) is 9.78 Å². The second-order valence-electron chi connectivity index (χ2n) is 3.98. The van der Waals surface area contributed by atoms with Gasteiger partial charge in [0.25, 0.3) is 5.75 Å². The van der Waals surface area contributed by atoms with Crippen molar-refractivity contribution in [2.45, 2.75) is 12.7 Å². The van der Waals surface area contributed by atoms with Gasteiger partial charge in [0.05, 0.1) is 21.4 Å². The van der Waals surface area contributed by atoms with E-state index in [1.807, 2.05) is 6.26 Å². The summed E-state index contributed by atoms with van der Waals surface area (Å²) >= 11 is 18.8. The molecule has 21 heavy (non-hydrogen) atoms. The smallest absolute Gasteiger partial charge is 0.329 e. The number of alkyl halides is 2. The molecule has 1 N–H and O–H groups in total. The lowest BCUT2D eigenvalue weighted by molar-refractivity contribution is 0.338. The van der Waals surface area contributed by atoms with Gasteiger partial charge in [0.15, 0.2) is 0 Å². The first kappa shape index (κ1) is 16.5. The van der Waals surface area contributed by atoms with Gasteiger partial charge >= 0.3 is 5.69 Å². The predicted octanol–water partition coefficient (Wildman–Crippen LogP) is 4.00. The molecule has 2 aromatic rings. The van der Waals surface area contributed by atoms with E-state index < -0.39 is 11.4 Å². The van der Waals surface area contributed by atoms with Crippen molar-refractivity contribution < 1.29 is 4.39 Å². The number of nitrogens with one attached hydrogen (secondary N) is 1. The summed E-state index contributed by atoms with van der Waals surface area (Å²) in [4.78, 5) is 12.2. The van der Waals surface area contributed by atoms with Gasteiger partial charge < -0.3 is 4.72 Å². The predicted molar refractivity (Wildman–Crippen MR) is 85.7 cm³/mol. The lowest BCUT2D eigenvalue weighted by atomic mass is 10.3. The van der Waals surface area contributed by atoms with E-state index in [4.69, 9.17) is 34.8 Å². The second kappa shape index (κ2) is 6.48. The standard InChI is InChI=1S/C11H10Cl3FN4OS/c1-5-16-19(11(20)18(5)10(14)15)9-4-8(17-21-2)6(12)3-7(9)13/h3-4,10,17H,1-2H3. The van der Waals surface area contributed by atoms with E-state index >= 15 is 0 Å². The number of hydrogen-bond acceptors (Lipinski definition) is 4. The average molecular weight is 372 g/mol. The van der Waals surface area contributed by atoms with Crippen molar-refractivity contribution in [3.63, 3.8) is 0 Å². The maximum absolute atomic E-state index is 13.3. The van der Waals surface area contributed by atoms with Gasteiger partial charge in [-0.1, -0.05) is 46.8 Å². The van der Waals surface area contributed by atoms with Gasteiger partial charge in [0, 0.05) is 6.26 Å². The number of hydrogen-bond donors (Lipinski definition) is 1. The Balaban J connectivity index is 2.65. The van der Waals surface area contributed by atoms with Crippen molar-refractivity contribution in [1.82, 2.24) is 14.3 Å². The van der Waals surface area contributed by atoms with Crippen LogP contribution in [0.25, 0.3) is 5.69 Å². The largest absolute Gasteiger partial charge is 0.354 e. The van der Waals surface area contributed by atoms with Crippen molar-refractivity contribution >= 4 is 52.4 Å². The maximum atomic E-state index is 13.3. The van der Waals surface area contributed by atoms with E-state index in [-0.39, 0.29) is 16.5 Å². The number of nitrogens with zero attached hydrogens (tertiary/aromatic N) is 3. The summed E-state index contributed by atoms with van der Waals surface area (Å²) in [7, 11) is 0. The van der Waals surface area contributed by atoms with Crippen LogP contribution in [0.3, 0.4) is 0 Å². The summed E-state index contributed by atoms with van der Waals surface area (Å²) in [5.41, 5.74) is 0.112. The zero-order chi connectivity index (χ0) is 15.7. The molecule has 0 saturated carbocycles. The number of rotatable bonds is 4. The monoisotopic (exact) mass is 370 g/mol. The molecule has 0 aliphatic heterocycles. The molecular formula is C11H10Cl3FN4OS. The van der Waals surface area contributed by atoms with Crippen LogP contribution >= 0.6 is 46.8 Å². The van der Waals surface area contributed by atoms with E-state index in [1.54, 1.807) is 6.07 Å². The zero-order valence-corrected chi connectivity index (χ0v) is 14.0. The number of anilines is 1. The Morgan fingerprint density at radius 3 is 2.57 bits per heavy atom. The fourth-order valence-corrected chi connectivity index (χ4v) is 2.93. The molecule has 0 aliphatic rings. The van der Waals surface area contributed by atoms with Crippen LogP contribution in [-0.4, -0.2) is 20.6 Å². The highest BCUT2D eigenvalue weighted by atomic mass is 35.5. The topological polar surface area (TPSA) is 51.9 Å². The average Bonchev–Trinajstić information content (AvgIpc) is 2.68. The summed E-state index contributed by atoms with van der Waals surface area (Å²) in [6, 6.07) is 3.03. The molecule has 0 saturated heterocycles. The first-order chi connectivity index (χ1) is 9.86. The van der Waals surface area contributed by atoms with E-state index in [0.29, 0.717) is 15.3 Å². The summed E-state index contributed by atoms with van der Waals surface area (Å²) < 4.78 is 17.9. The Morgan fingerprint density at radius 1 is 1.38 bits per heavy atom. The fourth-order valence-electron chi connectivity index (χ4n) is 1.75. The first-order valence-corrected chi connectivity index (χ1v) is 8.03. The van der Waals surface area contributed by atoms with Crippen LogP contribution in [0.5, 0.6) is 0 Å². The SMILES string of the molecule is CSNc1cc(-n2nc(C)n(C(F)Cl)c2=O)c(Cl)cc1Cl. The van der Waals surface area contributed by atoms with Crippen molar-refractivity contribution in [2.24, 2.45) is 0 Å². The molecule has 114 valence electrons. The van der Waals surface area contributed by atoms with Gasteiger partial charge in [0.2, 0.25) is 0 Å². The van der Waals surface area contributed by atoms with Gasteiger partial charge in [0.1, 0.15) is 5.82 Å². The normalized spacial score (nSPS) is 12.5. The van der Waals surface area contributed by atoms with Gasteiger partial charge in [-0.3, -0.25) is 0 Å². The van der Waals surface area contributed by atoms with Crippen LogP contribution < -0.4 is 10.4 Å². The molecule has 1 atom stereocenters. The highest BCUT2D eigenvalue weighted by molar-refractivity contribution is 7.99. The molecule has 10 heteroatoms. The lowest BCUT2D eigenvalue weighted by Gasteiger charge is -2.09. The van der Waals surface area contributed by atoms with E-state index in [1.165, 1.54) is 24.9 Å². The number of aromatic nitrogens is 3. The van der Waals surface area contributed by atoms with Crippen molar-refractivity contribution in [1.29, 1.82) is 0 Å². The minimum absolute atomic E-state index is 0.132. The van der Waals surface area contributed by atoms with Crippen LogP contribution in [0.2, 0.25) is 10.0 Å². The molecule has 0 bridgehead atoms. The Bertz CT molecular complexity index is 731. The Labute approximate surface area is 139 Å². The molecule has 1 heterocycles. The van der Waals surface area contributed by atoms with Crippen LogP contribution in [0.1, 0.15) is 11.6 Å². The van der Waals surface area contributed by atoms with Crippen molar-refractivity contribution in [3.8, 4) is 5.69 Å². The van der Waals surface area contributed by atoms with Crippen molar-refractivity contribution in [2.75, 3.05) is 11.0 Å². The third kappa shape index (κ3) is 3.15. The van der Waals surface area contributed by atoms with E-state index in [0.717, 1.165) is 4.68 Å². The molecule has 2 rings (SSSR count). The summed E-state index contributed by atoms with van der Waals surface area (Å²) in [5.74, 6) is -1.87.